The number of hydrogen-bond donors (Lipinski definition) is 0. The van der Waals surface area contributed by atoms with Gasteiger partial charge >= 0.3 is 6.09 Å². The lowest BCUT2D eigenvalue weighted by Crippen LogP contribution is -2.50. The first-order valence-electron chi connectivity index (χ1n) is 10.8. The highest BCUT2D eigenvalue weighted by Crippen LogP contribution is 2.42. The summed E-state index contributed by atoms with van der Waals surface area (Å²) in [6, 6.07) is 15.8. The van der Waals surface area contributed by atoms with Crippen LogP contribution in [0.15, 0.2) is 47.5 Å². The molecule has 0 N–H and O–H groups in total. The minimum Gasteiger partial charge on any atom is -0.444 e. The Kier molecular flexibility index (Phi) is 7.16. The summed E-state index contributed by atoms with van der Waals surface area (Å²) in [6.45, 7) is 11.7. The summed E-state index contributed by atoms with van der Waals surface area (Å²) < 4.78 is 11.7. The van der Waals surface area contributed by atoms with Crippen LogP contribution in [0.5, 0.6) is 0 Å². The Morgan fingerprint density at radius 1 is 1.31 bits per heavy atom. The number of hydrogen-bond acceptors (Lipinski definition) is 6. The van der Waals surface area contributed by atoms with Crippen LogP contribution >= 0.6 is 11.8 Å². The standard InChI is InChI=1S/C25H31N3O3S/c1-17-12-13-19(15-26)22(27-17)32-21(18-10-8-7-9-11-18)14-20-16-30-25(5,6)28(20)23(29)31-24(2,3)4/h7-13,20-21H,14,16H2,1-6H3/t20-,21-/m1/s1. The Hall–Kier alpha value is -2.56. The summed E-state index contributed by atoms with van der Waals surface area (Å²) in [6.07, 6.45) is 0.255. The monoisotopic (exact) mass is 453 g/mol. The number of benzene rings is 1. The molecular weight excluding hydrogens is 422 g/mol. The smallest absolute Gasteiger partial charge is 0.412 e. The minimum atomic E-state index is -0.766. The molecule has 2 aromatic rings. The van der Waals surface area contributed by atoms with Gasteiger partial charge in [0.1, 0.15) is 22.4 Å². The number of ether oxygens (including phenoxy) is 2. The van der Waals surface area contributed by atoms with E-state index in [0.29, 0.717) is 23.6 Å². The van der Waals surface area contributed by atoms with Crippen LogP contribution in [0.1, 0.15) is 63.1 Å². The highest BCUT2D eigenvalue weighted by atomic mass is 32.2. The maximum Gasteiger partial charge on any atom is 0.412 e. The fraction of sp³-hybridized carbons (Fsp3) is 0.480. The van der Waals surface area contributed by atoms with Gasteiger partial charge in [-0.2, -0.15) is 5.26 Å². The molecule has 2 heterocycles. The van der Waals surface area contributed by atoms with Crippen molar-refractivity contribution in [1.82, 2.24) is 9.88 Å². The Balaban J connectivity index is 1.92. The molecule has 1 aromatic heterocycles. The van der Waals surface area contributed by atoms with Gasteiger partial charge < -0.3 is 9.47 Å². The Morgan fingerprint density at radius 3 is 2.62 bits per heavy atom. The van der Waals surface area contributed by atoms with Crippen molar-refractivity contribution in [2.75, 3.05) is 6.61 Å². The Labute approximate surface area is 194 Å². The number of amides is 1. The quantitative estimate of drug-likeness (QED) is 0.528. The third-order valence-corrected chi connectivity index (χ3v) is 6.48. The van der Waals surface area contributed by atoms with Crippen LogP contribution in [0.2, 0.25) is 0 Å². The second kappa shape index (κ2) is 9.51. The SMILES string of the molecule is Cc1ccc(C#N)c(S[C@H](C[C@@H]2COC(C)(C)N2C(=O)OC(C)(C)C)c2ccccc2)n1. The van der Waals surface area contributed by atoms with Crippen LogP contribution in [0, 0.1) is 18.3 Å². The number of aryl methyl sites for hydroxylation is 1. The fourth-order valence-electron chi connectivity index (χ4n) is 3.75. The average molecular weight is 454 g/mol. The molecule has 1 aliphatic heterocycles. The van der Waals surface area contributed by atoms with Gasteiger partial charge in [-0.25, -0.2) is 9.78 Å². The predicted molar refractivity (Wildman–Crippen MR) is 125 cm³/mol. The first-order valence-corrected chi connectivity index (χ1v) is 11.6. The summed E-state index contributed by atoms with van der Waals surface area (Å²) >= 11 is 1.55. The second-order valence-corrected chi connectivity index (χ2v) is 10.6. The van der Waals surface area contributed by atoms with Crippen molar-refractivity contribution < 1.29 is 14.3 Å². The second-order valence-electron chi connectivity index (χ2n) is 9.43. The Morgan fingerprint density at radius 2 is 2.00 bits per heavy atom. The van der Waals surface area contributed by atoms with Crippen molar-refractivity contribution in [3.05, 3.63) is 59.3 Å². The van der Waals surface area contributed by atoms with Gasteiger partial charge in [-0.3, -0.25) is 4.90 Å². The van der Waals surface area contributed by atoms with E-state index in [0.717, 1.165) is 11.3 Å². The summed E-state index contributed by atoms with van der Waals surface area (Å²) in [4.78, 5) is 19.4. The number of carbonyl (C=O) groups is 1. The maximum atomic E-state index is 13.1. The van der Waals surface area contributed by atoms with Crippen molar-refractivity contribution in [2.45, 2.75) is 75.6 Å². The molecule has 2 atom stereocenters. The van der Waals surface area contributed by atoms with Gasteiger partial charge in [0.2, 0.25) is 0 Å². The van der Waals surface area contributed by atoms with E-state index >= 15 is 0 Å². The number of thioether (sulfide) groups is 1. The van der Waals surface area contributed by atoms with E-state index < -0.39 is 11.3 Å². The molecule has 0 spiro atoms. The molecule has 1 fully saturated rings. The molecule has 0 bridgehead atoms. The number of rotatable bonds is 5. The zero-order valence-electron chi connectivity index (χ0n) is 19.6. The summed E-state index contributed by atoms with van der Waals surface area (Å²) in [5, 5.41) is 10.3. The van der Waals surface area contributed by atoms with E-state index in [1.807, 2.05) is 71.9 Å². The summed E-state index contributed by atoms with van der Waals surface area (Å²) in [5.74, 6) is 0. The van der Waals surface area contributed by atoms with Crippen LogP contribution in [0.3, 0.4) is 0 Å². The van der Waals surface area contributed by atoms with Gasteiger partial charge in [-0.15, -0.1) is 0 Å². The molecule has 7 heteroatoms. The molecular formula is C25H31N3O3S. The lowest BCUT2D eigenvalue weighted by Gasteiger charge is -2.36. The van der Waals surface area contributed by atoms with Gasteiger partial charge in [-0.05, 0) is 65.7 Å². The molecule has 0 aliphatic carbocycles. The van der Waals surface area contributed by atoms with Crippen molar-refractivity contribution in [2.24, 2.45) is 0 Å². The zero-order valence-corrected chi connectivity index (χ0v) is 20.4. The number of carbonyl (C=O) groups excluding carboxylic acids is 1. The van der Waals surface area contributed by atoms with Gasteiger partial charge in [0.25, 0.3) is 0 Å². The van der Waals surface area contributed by atoms with E-state index in [9.17, 15) is 10.1 Å². The fourth-order valence-corrected chi connectivity index (χ4v) is 5.07. The maximum absolute atomic E-state index is 13.1. The van der Waals surface area contributed by atoms with E-state index in [2.05, 4.69) is 23.2 Å². The van der Waals surface area contributed by atoms with Crippen molar-refractivity contribution >= 4 is 17.9 Å². The van der Waals surface area contributed by atoms with Crippen molar-refractivity contribution in [3.63, 3.8) is 0 Å². The number of nitrogens with zero attached hydrogens (tertiary/aromatic N) is 3. The van der Waals surface area contributed by atoms with Gasteiger partial charge in [0.05, 0.1) is 18.2 Å². The lowest BCUT2D eigenvalue weighted by atomic mass is 10.0. The molecule has 0 saturated carbocycles. The van der Waals surface area contributed by atoms with Gasteiger partial charge in [0, 0.05) is 10.9 Å². The number of aromatic nitrogens is 1. The zero-order chi connectivity index (χ0) is 23.5. The molecule has 3 rings (SSSR count). The highest BCUT2D eigenvalue weighted by Gasteiger charge is 2.46. The van der Waals surface area contributed by atoms with Crippen LogP contribution in [0.4, 0.5) is 4.79 Å². The predicted octanol–water partition coefficient (Wildman–Crippen LogP) is 5.86. The largest absolute Gasteiger partial charge is 0.444 e. The van der Waals surface area contributed by atoms with Crippen molar-refractivity contribution in [3.8, 4) is 6.07 Å². The van der Waals surface area contributed by atoms with Gasteiger partial charge in [0.15, 0.2) is 0 Å². The summed E-state index contributed by atoms with van der Waals surface area (Å²) in [5.41, 5.74) is 1.16. The normalized spacial score (nSPS) is 18.8. The number of pyridine rings is 1. The minimum absolute atomic E-state index is 0.0231. The Bertz CT molecular complexity index is 996. The van der Waals surface area contributed by atoms with Crippen LogP contribution in [0.25, 0.3) is 0 Å². The topological polar surface area (TPSA) is 75.5 Å². The first-order chi connectivity index (χ1) is 15.0. The molecule has 170 valence electrons. The third-order valence-electron chi connectivity index (χ3n) is 5.20. The van der Waals surface area contributed by atoms with E-state index in [-0.39, 0.29) is 17.4 Å². The van der Waals surface area contributed by atoms with E-state index in [1.54, 1.807) is 16.7 Å². The molecule has 1 amide bonds. The molecule has 32 heavy (non-hydrogen) atoms. The van der Waals surface area contributed by atoms with Crippen LogP contribution in [-0.2, 0) is 9.47 Å². The highest BCUT2D eigenvalue weighted by molar-refractivity contribution is 7.99. The number of nitriles is 1. The first kappa shape index (κ1) is 24.1. The van der Waals surface area contributed by atoms with Crippen LogP contribution in [-0.4, -0.2) is 40.0 Å². The lowest BCUT2D eigenvalue weighted by molar-refractivity contribution is -0.0626. The molecule has 0 radical (unpaired) electrons. The van der Waals surface area contributed by atoms with Crippen molar-refractivity contribution in [1.29, 1.82) is 5.26 Å². The van der Waals surface area contributed by atoms with E-state index in [4.69, 9.17) is 9.47 Å². The molecule has 0 unspecified atom stereocenters. The summed E-state index contributed by atoms with van der Waals surface area (Å²) in [7, 11) is 0. The molecule has 1 saturated heterocycles. The molecule has 6 nitrogen and oxygen atoms in total. The van der Waals surface area contributed by atoms with E-state index in [1.165, 1.54) is 0 Å². The third kappa shape index (κ3) is 5.81. The van der Waals surface area contributed by atoms with Gasteiger partial charge in [-0.1, -0.05) is 42.1 Å². The molecule has 1 aliphatic rings. The molecule has 1 aromatic carbocycles. The van der Waals surface area contributed by atoms with Crippen LogP contribution < -0.4 is 0 Å². The average Bonchev–Trinajstić information content (AvgIpc) is 3.01.